The van der Waals surface area contributed by atoms with Gasteiger partial charge >= 0.3 is 0 Å². The molecule has 0 aliphatic rings. The van der Waals surface area contributed by atoms with Gasteiger partial charge in [-0.3, -0.25) is 5.32 Å². The Bertz CT molecular complexity index is 263. The molecule has 0 aromatic carbocycles. The zero-order chi connectivity index (χ0) is 14.7. The summed E-state index contributed by atoms with van der Waals surface area (Å²) in [4.78, 5) is 2.29. The highest BCUT2D eigenvalue weighted by Gasteiger charge is 2.23. The summed E-state index contributed by atoms with van der Waals surface area (Å²) in [6.07, 6.45) is 3.10. The zero-order valence-corrected chi connectivity index (χ0v) is 13.3. The van der Waals surface area contributed by atoms with Gasteiger partial charge in [0.05, 0.1) is 12.7 Å². The van der Waals surface area contributed by atoms with Crippen LogP contribution in [0.4, 0.5) is 0 Å². The lowest BCUT2D eigenvalue weighted by atomic mass is 9.95. The second-order valence-electron chi connectivity index (χ2n) is 5.70. The average Bonchev–Trinajstić information content (AvgIpc) is 2.34. The van der Waals surface area contributed by atoms with Gasteiger partial charge in [0.15, 0.2) is 0 Å². The molecule has 0 bridgehead atoms. The maximum absolute atomic E-state index is 9.25. The van der Waals surface area contributed by atoms with Crippen molar-refractivity contribution in [2.45, 2.75) is 58.5 Å². The molecule has 112 valence electrons. The maximum atomic E-state index is 9.25. The molecule has 1 unspecified atom stereocenters. The summed E-state index contributed by atoms with van der Waals surface area (Å²) in [5.41, 5.74) is -0.391. The van der Waals surface area contributed by atoms with E-state index in [2.05, 4.69) is 37.2 Å². The van der Waals surface area contributed by atoms with Crippen LogP contribution in [0.5, 0.6) is 0 Å². The molecule has 0 radical (unpaired) electrons. The largest absolute Gasteiger partial charge is 0.380 e. The van der Waals surface area contributed by atoms with Gasteiger partial charge < -0.3 is 9.64 Å². The smallest absolute Gasteiger partial charge is 0.104 e. The van der Waals surface area contributed by atoms with Crippen molar-refractivity contribution in [3.63, 3.8) is 0 Å². The van der Waals surface area contributed by atoms with Crippen LogP contribution in [-0.2, 0) is 4.74 Å². The van der Waals surface area contributed by atoms with Crippen molar-refractivity contribution in [3.05, 3.63) is 0 Å². The van der Waals surface area contributed by atoms with Crippen molar-refractivity contribution < 1.29 is 4.74 Å². The summed E-state index contributed by atoms with van der Waals surface area (Å²) in [6.45, 7) is 11.8. The van der Waals surface area contributed by atoms with E-state index in [9.17, 15) is 5.26 Å². The number of hydrogen-bond acceptors (Lipinski definition) is 4. The Kier molecular flexibility index (Phi) is 9.85. The Morgan fingerprint density at radius 3 is 2.53 bits per heavy atom. The minimum absolute atomic E-state index is 0.346. The van der Waals surface area contributed by atoms with Gasteiger partial charge in [-0.05, 0) is 60.5 Å². The first-order chi connectivity index (χ1) is 8.93. The molecule has 4 nitrogen and oxygen atoms in total. The first-order valence-corrected chi connectivity index (χ1v) is 7.38. The van der Waals surface area contributed by atoms with Crippen molar-refractivity contribution in [3.8, 4) is 6.07 Å². The van der Waals surface area contributed by atoms with E-state index in [1.807, 2.05) is 13.8 Å². The molecule has 0 saturated heterocycles. The molecular formula is C15H31N3O. The third-order valence-corrected chi connectivity index (χ3v) is 3.14. The van der Waals surface area contributed by atoms with E-state index in [1.54, 1.807) is 0 Å². The number of nitrogens with zero attached hydrogens (tertiary/aromatic N) is 2. The molecule has 0 aliphatic heterocycles. The number of ether oxygens (including phenoxy) is 1. The minimum atomic E-state index is -0.391. The first-order valence-electron chi connectivity index (χ1n) is 7.38. The zero-order valence-electron chi connectivity index (χ0n) is 13.3. The lowest BCUT2D eigenvalue weighted by molar-refractivity contribution is 0.121. The molecule has 0 aromatic rings. The predicted molar refractivity (Wildman–Crippen MR) is 80.1 cm³/mol. The quantitative estimate of drug-likeness (QED) is 0.585. The Hall–Kier alpha value is -0.630. The third kappa shape index (κ3) is 9.89. The van der Waals surface area contributed by atoms with Crippen molar-refractivity contribution in [1.82, 2.24) is 10.2 Å². The van der Waals surface area contributed by atoms with E-state index in [4.69, 9.17) is 4.74 Å². The van der Waals surface area contributed by atoms with Crippen molar-refractivity contribution in [2.75, 3.05) is 33.4 Å². The second kappa shape index (κ2) is 10.2. The van der Waals surface area contributed by atoms with Crippen molar-refractivity contribution >= 4 is 0 Å². The highest BCUT2D eigenvalue weighted by molar-refractivity contribution is 5.04. The second-order valence-corrected chi connectivity index (χ2v) is 5.70. The topological polar surface area (TPSA) is 48.3 Å². The van der Waals surface area contributed by atoms with Crippen LogP contribution in [-0.4, -0.2) is 49.8 Å². The Morgan fingerprint density at radius 2 is 2.00 bits per heavy atom. The van der Waals surface area contributed by atoms with Crippen LogP contribution < -0.4 is 5.32 Å². The highest BCUT2D eigenvalue weighted by Crippen LogP contribution is 2.14. The first kappa shape index (κ1) is 18.4. The van der Waals surface area contributed by atoms with E-state index in [0.717, 1.165) is 45.6 Å². The van der Waals surface area contributed by atoms with Crippen LogP contribution in [0.25, 0.3) is 0 Å². The molecule has 0 aromatic heterocycles. The number of unbranched alkanes of at least 4 members (excludes halogenated alkanes) is 1. The van der Waals surface area contributed by atoms with Gasteiger partial charge in [0.25, 0.3) is 0 Å². The molecule has 0 rings (SSSR count). The number of hydrogen-bond donors (Lipinski definition) is 1. The summed E-state index contributed by atoms with van der Waals surface area (Å²) in [5.74, 6) is 0. The Labute approximate surface area is 119 Å². The summed E-state index contributed by atoms with van der Waals surface area (Å²) >= 11 is 0. The van der Waals surface area contributed by atoms with Gasteiger partial charge in [-0.15, -0.1) is 0 Å². The van der Waals surface area contributed by atoms with E-state index >= 15 is 0 Å². The Balaban J connectivity index is 3.74. The molecule has 0 spiro atoms. The lowest BCUT2D eigenvalue weighted by Crippen LogP contribution is -2.44. The van der Waals surface area contributed by atoms with E-state index < -0.39 is 5.54 Å². The van der Waals surface area contributed by atoms with Gasteiger partial charge in [0.1, 0.15) is 5.54 Å². The molecule has 0 amide bonds. The molecule has 1 atom stereocenters. The van der Waals surface area contributed by atoms with Crippen LogP contribution >= 0.6 is 0 Å². The van der Waals surface area contributed by atoms with Gasteiger partial charge in [-0.25, -0.2) is 0 Å². The third-order valence-electron chi connectivity index (χ3n) is 3.14. The number of nitrogens with one attached hydrogen (secondary N) is 1. The van der Waals surface area contributed by atoms with Crippen molar-refractivity contribution in [2.24, 2.45) is 0 Å². The van der Waals surface area contributed by atoms with E-state index in [0.29, 0.717) is 6.04 Å². The molecule has 1 N–H and O–H groups in total. The molecule has 0 aliphatic carbocycles. The molecular weight excluding hydrogens is 238 g/mol. The Morgan fingerprint density at radius 1 is 1.32 bits per heavy atom. The molecule has 0 saturated carbocycles. The fourth-order valence-electron chi connectivity index (χ4n) is 2.13. The van der Waals surface area contributed by atoms with Gasteiger partial charge in [0, 0.05) is 19.2 Å². The van der Waals surface area contributed by atoms with Crippen LogP contribution in [0.2, 0.25) is 0 Å². The fourth-order valence-corrected chi connectivity index (χ4v) is 2.13. The standard InChI is InChI=1S/C15H31N3O/c1-6-19-12-11-18(5)10-8-7-9-15(4,13-16)17-14(2)3/h14,17H,6-12H2,1-5H3. The molecule has 0 heterocycles. The highest BCUT2D eigenvalue weighted by atomic mass is 16.5. The van der Waals surface area contributed by atoms with Crippen LogP contribution in [0.15, 0.2) is 0 Å². The summed E-state index contributed by atoms with van der Waals surface area (Å²) in [6, 6.07) is 2.74. The maximum Gasteiger partial charge on any atom is 0.104 e. The average molecular weight is 269 g/mol. The predicted octanol–water partition coefficient (Wildman–Crippen LogP) is 2.41. The van der Waals surface area contributed by atoms with E-state index in [-0.39, 0.29) is 0 Å². The van der Waals surface area contributed by atoms with Crippen LogP contribution in [0.3, 0.4) is 0 Å². The monoisotopic (exact) mass is 269 g/mol. The van der Waals surface area contributed by atoms with Crippen molar-refractivity contribution in [1.29, 1.82) is 5.26 Å². The summed E-state index contributed by atoms with van der Waals surface area (Å²) < 4.78 is 5.33. The van der Waals surface area contributed by atoms with Gasteiger partial charge in [0.2, 0.25) is 0 Å². The van der Waals surface area contributed by atoms with Crippen LogP contribution in [0.1, 0.15) is 47.0 Å². The normalized spacial score (nSPS) is 14.6. The van der Waals surface area contributed by atoms with Gasteiger partial charge in [-0.1, -0.05) is 0 Å². The number of nitriles is 1. The molecule has 0 fully saturated rings. The van der Waals surface area contributed by atoms with Gasteiger partial charge in [-0.2, -0.15) is 5.26 Å². The molecule has 4 heteroatoms. The summed E-state index contributed by atoms with van der Waals surface area (Å²) in [7, 11) is 2.12. The SMILES string of the molecule is CCOCCN(C)CCCCC(C)(C#N)NC(C)C. The number of likely N-dealkylation sites (N-methyl/N-ethyl adjacent to an activating group) is 1. The molecule has 19 heavy (non-hydrogen) atoms. The summed E-state index contributed by atoms with van der Waals surface area (Å²) in [5, 5.41) is 12.6. The fraction of sp³-hybridized carbons (Fsp3) is 0.933. The number of rotatable bonds is 11. The van der Waals surface area contributed by atoms with Crippen LogP contribution in [0, 0.1) is 11.3 Å². The minimum Gasteiger partial charge on any atom is -0.380 e. The van der Waals surface area contributed by atoms with E-state index in [1.165, 1.54) is 0 Å². The lowest BCUT2D eigenvalue weighted by Gasteiger charge is -2.26.